The molecule has 0 amide bonds. The largest absolute Gasteiger partial charge is 0.376 e. The van der Waals surface area contributed by atoms with Crippen molar-refractivity contribution in [3.05, 3.63) is 16.9 Å². The van der Waals surface area contributed by atoms with Crippen LogP contribution in [0.4, 0.5) is 0 Å². The number of rotatable bonds is 3. The second-order valence-corrected chi connectivity index (χ2v) is 4.18. The van der Waals surface area contributed by atoms with Crippen LogP contribution in [0.15, 0.2) is 6.20 Å². The molecule has 84 valence electrons. The van der Waals surface area contributed by atoms with E-state index in [-0.39, 0.29) is 12.1 Å². The van der Waals surface area contributed by atoms with E-state index in [0.717, 1.165) is 31.7 Å². The Bertz CT molecular complexity index is 333. The third-order valence-electron chi connectivity index (χ3n) is 2.81. The first-order valence-corrected chi connectivity index (χ1v) is 5.70. The average Bonchev–Trinajstić information content (AvgIpc) is 2.85. The topological polar surface area (TPSA) is 53.1 Å². The van der Waals surface area contributed by atoms with Crippen LogP contribution < -0.4 is 5.73 Å². The summed E-state index contributed by atoms with van der Waals surface area (Å²) in [7, 11) is 0. The Morgan fingerprint density at radius 1 is 1.80 bits per heavy atom. The van der Waals surface area contributed by atoms with Crippen LogP contribution in [-0.4, -0.2) is 22.5 Å². The van der Waals surface area contributed by atoms with Crippen molar-refractivity contribution < 1.29 is 4.74 Å². The molecule has 1 aromatic rings. The van der Waals surface area contributed by atoms with Gasteiger partial charge in [-0.15, -0.1) is 0 Å². The molecule has 1 aromatic heterocycles. The van der Waals surface area contributed by atoms with Crippen molar-refractivity contribution in [3.8, 4) is 0 Å². The molecule has 2 heterocycles. The summed E-state index contributed by atoms with van der Waals surface area (Å²) in [5.74, 6) is 0. The van der Waals surface area contributed by atoms with E-state index in [9.17, 15) is 0 Å². The third kappa shape index (κ3) is 2.02. The molecule has 0 aromatic carbocycles. The second kappa shape index (κ2) is 4.51. The molecule has 5 heteroatoms. The van der Waals surface area contributed by atoms with Crippen molar-refractivity contribution >= 4 is 11.6 Å². The first-order valence-electron chi connectivity index (χ1n) is 5.32. The standard InChI is InChI=1S/C10H16ClN3O/c1-2-14-10(7(11)6-13-14)9(12)8-4-3-5-15-8/h6,8-9H,2-5,12H2,1H3. The molecule has 4 nitrogen and oxygen atoms in total. The summed E-state index contributed by atoms with van der Waals surface area (Å²) in [5, 5.41) is 4.81. The van der Waals surface area contributed by atoms with Crippen LogP contribution in [0.25, 0.3) is 0 Å². The zero-order valence-corrected chi connectivity index (χ0v) is 9.57. The number of aromatic nitrogens is 2. The molecule has 2 unspecified atom stereocenters. The van der Waals surface area contributed by atoms with Crippen molar-refractivity contribution in [2.24, 2.45) is 5.73 Å². The normalized spacial score (nSPS) is 23.3. The number of hydrogen-bond acceptors (Lipinski definition) is 3. The molecule has 0 radical (unpaired) electrons. The van der Waals surface area contributed by atoms with E-state index >= 15 is 0 Å². The molecule has 2 atom stereocenters. The summed E-state index contributed by atoms with van der Waals surface area (Å²) in [5.41, 5.74) is 7.05. The van der Waals surface area contributed by atoms with E-state index in [4.69, 9.17) is 22.1 Å². The summed E-state index contributed by atoms with van der Waals surface area (Å²) >= 11 is 6.08. The number of nitrogens with two attached hydrogens (primary N) is 1. The SMILES string of the molecule is CCn1ncc(Cl)c1C(N)C1CCCO1. The Morgan fingerprint density at radius 3 is 3.20 bits per heavy atom. The van der Waals surface area contributed by atoms with Crippen LogP contribution >= 0.6 is 11.6 Å². The number of hydrogen-bond donors (Lipinski definition) is 1. The Morgan fingerprint density at radius 2 is 2.60 bits per heavy atom. The molecule has 1 fully saturated rings. The van der Waals surface area contributed by atoms with Crippen molar-refractivity contribution in [1.82, 2.24) is 9.78 Å². The van der Waals surface area contributed by atoms with Crippen LogP contribution in [0, 0.1) is 0 Å². The van der Waals surface area contributed by atoms with Gasteiger partial charge in [0.15, 0.2) is 0 Å². The molecule has 1 aliphatic rings. The van der Waals surface area contributed by atoms with Gasteiger partial charge in [0.05, 0.1) is 29.1 Å². The zero-order chi connectivity index (χ0) is 10.8. The minimum Gasteiger partial charge on any atom is -0.376 e. The maximum Gasteiger partial charge on any atom is 0.0835 e. The summed E-state index contributed by atoms with van der Waals surface area (Å²) in [6, 6.07) is -0.164. The maximum atomic E-state index is 6.15. The Kier molecular flexibility index (Phi) is 3.29. The summed E-state index contributed by atoms with van der Waals surface area (Å²) in [6.07, 6.45) is 3.82. The van der Waals surface area contributed by atoms with Crippen molar-refractivity contribution in [3.63, 3.8) is 0 Å². The molecule has 0 spiro atoms. The van der Waals surface area contributed by atoms with Crippen LogP contribution in [0.3, 0.4) is 0 Å². The van der Waals surface area contributed by atoms with E-state index in [1.54, 1.807) is 6.20 Å². The van der Waals surface area contributed by atoms with Crippen LogP contribution in [0.2, 0.25) is 5.02 Å². The Labute approximate surface area is 94.3 Å². The minimum atomic E-state index is -0.164. The zero-order valence-electron chi connectivity index (χ0n) is 8.82. The van der Waals surface area contributed by atoms with Crippen molar-refractivity contribution in [2.75, 3.05) is 6.61 Å². The number of aryl methyl sites for hydroxylation is 1. The highest BCUT2D eigenvalue weighted by molar-refractivity contribution is 6.31. The van der Waals surface area contributed by atoms with Crippen LogP contribution in [0.1, 0.15) is 31.5 Å². The third-order valence-corrected chi connectivity index (χ3v) is 3.11. The van der Waals surface area contributed by atoms with Gasteiger partial charge in [0.1, 0.15) is 0 Å². The lowest BCUT2D eigenvalue weighted by molar-refractivity contribution is 0.0876. The van der Waals surface area contributed by atoms with Crippen LogP contribution in [-0.2, 0) is 11.3 Å². The van der Waals surface area contributed by atoms with Gasteiger partial charge in [0, 0.05) is 13.2 Å². The second-order valence-electron chi connectivity index (χ2n) is 3.77. The lowest BCUT2D eigenvalue weighted by Gasteiger charge is -2.19. The highest BCUT2D eigenvalue weighted by Crippen LogP contribution is 2.29. The molecule has 1 aliphatic heterocycles. The average molecular weight is 230 g/mol. The van der Waals surface area contributed by atoms with E-state index in [0.29, 0.717) is 5.02 Å². The minimum absolute atomic E-state index is 0.0875. The highest BCUT2D eigenvalue weighted by atomic mass is 35.5. The van der Waals surface area contributed by atoms with Gasteiger partial charge in [0.25, 0.3) is 0 Å². The van der Waals surface area contributed by atoms with Gasteiger partial charge in [0.2, 0.25) is 0 Å². The van der Waals surface area contributed by atoms with Gasteiger partial charge in [-0.25, -0.2) is 0 Å². The van der Waals surface area contributed by atoms with Gasteiger partial charge in [-0.3, -0.25) is 4.68 Å². The molecule has 0 aliphatic carbocycles. The van der Waals surface area contributed by atoms with E-state index in [1.165, 1.54) is 0 Å². The molecule has 0 saturated carbocycles. The number of ether oxygens (including phenoxy) is 1. The molecule has 0 bridgehead atoms. The first-order chi connectivity index (χ1) is 7.24. The van der Waals surface area contributed by atoms with Gasteiger partial charge in [-0.2, -0.15) is 5.10 Å². The predicted molar refractivity (Wildman–Crippen MR) is 58.8 cm³/mol. The first kappa shape index (κ1) is 10.9. The van der Waals surface area contributed by atoms with Crippen molar-refractivity contribution in [1.29, 1.82) is 0 Å². The fourth-order valence-electron chi connectivity index (χ4n) is 2.02. The van der Waals surface area contributed by atoms with Gasteiger partial charge in [-0.05, 0) is 19.8 Å². The van der Waals surface area contributed by atoms with E-state index < -0.39 is 0 Å². The predicted octanol–water partition coefficient (Wildman–Crippen LogP) is 1.74. The van der Waals surface area contributed by atoms with E-state index in [1.807, 2.05) is 11.6 Å². The Balaban J connectivity index is 2.22. The summed E-state index contributed by atoms with van der Waals surface area (Å²) in [4.78, 5) is 0. The Hall–Kier alpha value is -0.580. The lowest BCUT2D eigenvalue weighted by Crippen LogP contribution is -2.28. The molecule has 1 saturated heterocycles. The van der Waals surface area contributed by atoms with E-state index in [2.05, 4.69) is 5.10 Å². The fraction of sp³-hybridized carbons (Fsp3) is 0.700. The smallest absolute Gasteiger partial charge is 0.0835 e. The quantitative estimate of drug-likeness (QED) is 0.859. The summed E-state index contributed by atoms with van der Waals surface area (Å²) < 4.78 is 7.41. The molecule has 2 N–H and O–H groups in total. The molecule has 15 heavy (non-hydrogen) atoms. The lowest BCUT2D eigenvalue weighted by atomic mass is 10.1. The van der Waals surface area contributed by atoms with Gasteiger partial charge in [-0.1, -0.05) is 11.6 Å². The fourth-order valence-corrected chi connectivity index (χ4v) is 2.28. The van der Waals surface area contributed by atoms with Crippen molar-refractivity contribution in [2.45, 2.75) is 38.5 Å². The maximum absolute atomic E-state index is 6.15. The van der Waals surface area contributed by atoms with Gasteiger partial charge < -0.3 is 10.5 Å². The van der Waals surface area contributed by atoms with Gasteiger partial charge >= 0.3 is 0 Å². The molecular formula is C10H16ClN3O. The molecule has 2 rings (SSSR count). The van der Waals surface area contributed by atoms with Crippen LogP contribution in [0.5, 0.6) is 0 Å². The summed E-state index contributed by atoms with van der Waals surface area (Å²) in [6.45, 7) is 3.60. The number of nitrogens with zero attached hydrogens (tertiary/aromatic N) is 2. The monoisotopic (exact) mass is 229 g/mol. The highest BCUT2D eigenvalue weighted by Gasteiger charge is 2.28. The number of halogens is 1. The molecular weight excluding hydrogens is 214 g/mol.